The highest BCUT2D eigenvalue weighted by Crippen LogP contribution is 2.33. The van der Waals surface area contributed by atoms with Crippen molar-refractivity contribution in [1.82, 2.24) is 9.97 Å². The number of aromatic nitrogens is 2. The number of imidazole rings is 1. The van der Waals surface area contributed by atoms with Crippen molar-refractivity contribution < 1.29 is 0 Å². The van der Waals surface area contributed by atoms with E-state index in [9.17, 15) is 0 Å². The zero-order valence-corrected chi connectivity index (χ0v) is 12.7. The molecule has 96 valence electrons. The molecule has 0 fully saturated rings. The van der Waals surface area contributed by atoms with Crippen LogP contribution in [0.1, 0.15) is 5.56 Å². The Balaban J connectivity index is 1.98. The number of nitrogens with zero attached hydrogens (tertiary/aromatic N) is 1. The second kappa shape index (κ2) is 4.90. The predicted molar refractivity (Wildman–Crippen MR) is 83.5 cm³/mol. The molecule has 0 spiro atoms. The van der Waals surface area contributed by atoms with Gasteiger partial charge in [0.25, 0.3) is 0 Å². The minimum absolute atomic E-state index is 0.754. The highest BCUT2D eigenvalue weighted by Gasteiger charge is 2.07. The van der Waals surface area contributed by atoms with Crippen LogP contribution in [0.25, 0.3) is 11.0 Å². The number of nitrogen functional groups attached to an aromatic ring is 1. The van der Waals surface area contributed by atoms with Crippen LogP contribution in [0.3, 0.4) is 0 Å². The van der Waals surface area contributed by atoms with Gasteiger partial charge in [-0.3, -0.25) is 0 Å². The van der Waals surface area contributed by atoms with Gasteiger partial charge in [-0.1, -0.05) is 22.0 Å². The lowest BCUT2D eigenvalue weighted by Gasteiger charge is -2.03. The molecular formula is C14H12BrN3S. The van der Waals surface area contributed by atoms with E-state index >= 15 is 0 Å². The Morgan fingerprint density at radius 2 is 2.05 bits per heavy atom. The topological polar surface area (TPSA) is 54.7 Å². The molecule has 0 aliphatic carbocycles. The van der Waals surface area contributed by atoms with Crippen molar-refractivity contribution >= 4 is 44.4 Å². The average Bonchev–Trinajstić information content (AvgIpc) is 2.75. The van der Waals surface area contributed by atoms with Gasteiger partial charge < -0.3 is 10.7 Å². The smallest absolute Gasteiger partial charge is 0.171 e. The third-order valence-electron chi connectivity index (χ3n) is 2.80. The molecular weight excluding hydrogens is 322 g/mol. The van der Waals surface area contributed by atoms with E-state index in [1.54, 1.807) is 0 Å². The van der Waals surface area contributed by atoms with Crippen molar-refractivity contribution in [3.05, 3.63) is 46.4 Å². The van der Waals surface area contributed by atoms with Crippen LogP contribution in [0.15, 0.2) is 50.9 Å². The van der Waals surface area contributed by atoms with Crippen molar-refractivity contribution in [2.75, 3.05) is 5.73 Å². The summed E-state index contributed by atoms with van der Waals surface area (Å²) in [5.74, 6) is 0. The molecule has 0 aliphatic rings. The SMILES string of the molecule is Cc1ccc2nc(Sc3cc(Br)ccc3N)[nH]c2c1. The van der Waals surface area contributed by atoms with E-state index in [0.717, 1.165) is 31.2 Å². The van der Waals surface area contributed by atoms with Crippen LogP contribution in [0.4, 0.5) is 5.69 Å². The minimum atomic E-state index is 0.754. The van der Waals surface area contributed by atoms with Gasteiger partial charge in [-0.15, -0.1) is 0 Å². The molecule has 0 amide bonds. The van der Waals surface area contributed by atoms with Crippen molar-refractivity contribution in [3.63, 3.8) is 0 Å². The van der Waals surface area contributed by atoms with Crippen LogP contribution >= 0.6 is 27.7 Å². The van der Waals surface area contributed by atoms with E-state index in [-0.39, 0.29) is 0 Å². The van der Waals surface area contributed by atoms with Crippen molar-refractivity contribution in [1.29, 1.82) is 0 Å². The van der Waals surface area contributed by atoms with Crippen LogP contribution in [0.2, 0.25) is 0 Å². The molecule has 3 nitrogen and oxygen atoms in total. The number of halogens is 1. The lowest BCUT2D eigenvalue weighted by molar-refractivity contribution is 1.08. The largest absolute Gasteiger partial charge is 0.398 e. The van der Waals surface area contributed by atoms with Crippen LogP contribution in [-0.4, -0.2) is 9.97 Å². The van der Waals surface area contributed by atoms with Crippen molar-refractivity contribution in [2.45, 2.75) is 17.0 Å². The summed E-state index contributed by atoms with van der Waals surface area (Å²) >= 11 is 4.99. The summed E-state index contributed by atoms with van der Waals surface area (Å²) in [7, 11) is 0. The van der Waals surface area contributed by atoms with Crippen LogP contribution < -0.4 is 5.73 Å². The first kappa shape index (κ1) is 12.6. The fourth-order valence-corrected chi connectivity index (χ4v) is 3.25. The van der Waals surface area contributed by atoms with Gasteiger partial charge in [-0.05, 0) is 54.6 Å². The molecule has 1 aromatic heterocycles. The molecule has 3 aromatic rings. The number of hydrogen-bond acceptors (Lipinski definition) is 3. The van der Waals surface area contributed by atoms with Crippen molar-refractivity contribution in [3.8, 4) is 0 Å². The fourth-order valence-electron chi connectivity index (χ4n) is 1.85. The summed E-state index contributed by atoms with van der Waals surface area (Å²) in [4.78, 5) is 8.86. The van der Waals surface area contributed by atoms with Crippen LogP contribution in [0.5, 0.6) is 0 Å². The van der Waals surface area contributed by atoms with Gasteiger partial charge in [-0.2, -0.15) is 0 Å². The first-order valence-electron chi connectivity index (χ1n) is 5.81. The first-order chi connectivity index (χ1) is 9.11. The molecule has 3 rings (SSSR count). The summed E-state index contributed by atoms with van der Waals surface area (Å²) in [5, 5.41) is 0.852. The number of aryl methyl sites for hydroxylation is 1. The van der Waals surface area contributed by atoms with Gasteiger partial charge in [-0.25, -0.2) is 4.98 Å². The maximum absolute atomic E-state index is 5.97. The third kappa shape index (κ3) is 2.62. The summed E-state index contributed by atoms with van der Waals surface area (Å²) in [6, 6.07) is 12.0. The Morgan fingerprint density at radius 1 is 1.21 bits per heavy atom. The van der Waals surface area contributed by atoms with Gasteiger partial charge in [0.1, 0.15) is 0 Å². The number of hydrogen-bond donors (Lipinski definition) is 2. The molecule has 19 heavy (non-hydrogen) atoms. The van der Waals surface area contributed by atoms with Crippen molar-refractivity contribution in [2.24, 2.45) is 0 Å². The molecule has 5 heteroatoms. The van der Waals surface area contributed by atoms with Crippen LogP contribution in [0, 0.1) is 6.92 Å². The molecule has 0 atom stereocenters. The van der Waals surface area contributed by atoms with E-state index in [4.69, 9.17) is 5.73 Å². The Labute approximate surface area is 123 Å². The molecule has 0 radical (unpaired) electrons. The second-order valence-corrected chi connectivity index (χ2v) is 6.29. The molecule has 3 N–H and O–H groups in total. The molecule has 1 heterocycles. The second-order valence-electron chi connectivity index (χ2n) is 4.35. The zero-order chi connectivity index (χ0) is 13.4. The molecule has 0 bridgehead atoms. The van der Waals surface area contributed by atoms with Gasteiger partial charge in [0.15, 0.2) is 5.16 Å². The fraction of sp³-hybridized carbons (Fsp3) is 0.0714. The maximum atomic E-state index is 5.97. The summed E-state index contributed by atoms with van der Waals surface area (Å²) in [6.07, 6.45) is 0. The summed E-state index contributed by atoms with van der Waals surface area (Å²) in [5.41, 5.74) is 9.97. The van der Waals surface area contributed by atoms with Crippen LogP contribution in [-0.2, 0) is 0 Å². The lowest BCUT2D eigenvalue weighted by Crippen LogP contribution is -1.88. The summed E-state index contributed by atoms with van der Waals surface area (Å²) in [6.45, 7) is 2.07. The number of benzene rings is 2. The number of rotatable bonds is 2. The Hall–Kier alpha value is -1.46. The lowest BCUT2D eigenvalue weighted by atomic mass is 10.2. The quantitative estimate of drug-likeness (QED) is 0.685. The van der Waals surface area contributed by atoms with Gasteiger partial charge in [0.05, 0.1) is 11.0 Å². The molecule has 0 unspecified atom stereocenters. The minimum Gasteiger partial charge on any atom is -0.398 e. The predicted octanol–water partition coefficient (Wildman–Crippen LogP) is 4.37. The Bertz CT molecular complexity index is 752. The standard InChI is InChI=1S/C14H12BrN3S/c1-8-2-5-11-12(6-8)18-14(17-11)19-13-7-9(15)3-4-10(13)16/h2-7H,16H2,1H3,(H,17,18). The van der Waals surface area contributed by atoms with Gasteiger partial charge in [0, 0.05) is 15.1 Å². The number of H-pyrrole nitrogens is 1. The maximum Gasteiger partial charge on any atom is 0.171 e. The highest BCUT2D eigenvalue weighted by molar-refractivity contribution is 9.10. The molecule has 0 saturated carbocycles. The van der Waals surface area contributed by atoms with E-state index in [0.29, 0.717) is 0 Å². The Morgan fingerprint density at radius 3 is 2.89 bits per heavy atom. The molecule has 2 aromatic carbocycles. The normalized spacial score (nSPS) is 11.1. The van der Waals surface area contributed by atoms with Gasteiger partial charge >= 0.3 is 0 Å². The van der Waals surface area contributed by atoms with E-state index in [2.05, 4.69) is 45.0 Å². The molecule has 0 saturated heterocycles. The van der Waals surface area contributed by atoms with E-state index in [1.165, 1.54) is 17.3 Å². The first-order valence-corrected chi connectivity index (χ1v) is 7.42. The summed E-state index contributed by atoms with van der Waals surface area (Å²) < 4.78 is 1.01. The number of nitrogens with two attached hydrogens (primary N) is 1. The molecule has 0 aliphatic heterocycles. The number of nitrogens with one attached hydrogen (secondary N) is 1. The zero-order valence-electron chi connectivity index (χ0n) is 10.3. The third-order valence-corrected chi connectivity index (χ3v) is 4.25. The monoisotopic (exact) mass is 333 g/mol. The number of anilines is 1. The number of fused-ring (bicyclic) bond motifs is 1. The highest BCUT2D eigenvalue weighted by atomic mass is 79.9. The van der Waals surface area contributed by atoms with E-state index < -0.39 is 0 Å². The van der Waals surface area contributed by atoms with E-state index in [1.807, 2.05) is 24.3 Å². The number of aromatic amines is 1. The average molecular weight is 334 g/mol. The Kier molecular flexibility index (Phi) is 3.24. The van der Waals surface area contributed by atoms with Gasteiger partial charge in [0.2, 0.25) is 0 Å².